The topological polar surface area (TPSA) is 96.5 Å². The maximum Gasteiger partial charge on any atom is 0.261 e. The summed E-state index contributed by atoms with van der Waals surface area (Å²) >= 11 is 5.23. The summed E-state index contributed by atoms with van der Waals surface area (Å²) in [5.74, 6) is 0.345. The van der Waals surface area contributed by atoms with Gasteiger partial charge in [-0.05, 0) is 92.1 Å². The first kappa shape index (κ1) is 26.2. The number of thiocarbonyl (C=S) groups is 1. The number of anilines is 2. The maximum absolute atomic E-state index is 12.8. The van der Waals surface area contributed by atoms with Crippen LogP contribution in [-0.4, -0.2) is 26.0 Å². The molecule has 184 valence electrons. The predicted octanol–water partition coefficient (Wildman–Crippen LogP) is 5.41. The Morgan fingerprint density at radius 1 is 0.943 bits per heavy atom. The fourth-order valence-corrected chi connectivity index (χ4v) is 4.67. The number of amides is 1. The lowest BCUT2D eigenvalue weighted by molar-refractivity contribution is 0.0977. The van der Waals surface area contributed by atoms with Gasteiger partial charge in [-0.25, -0.2) is 8.42 Å². The number of benzene rings is 3. The van der Waals surface area contributed by atoms with Crippen LogP contribution in [0.15, 0.2) is 71.6 Å². The zero-order valence-electron chi connectivity index (χ0n) is 19.9. The van der Waals surface area contributed by atoms with Crippen molar-refractivity contribution in [3.63, 3.8) is 0 Å². The summed E-state index contributed by atoms with van der Waals surface area (Å²) in [6, 6.07) is 18.5. The third kappa shape index (κ3) is 7.27. The maximum atomic E-state index is 12.8. The summed E-state index contributed by atoms with van der Waals surface area (Å²) in [7, 11) is -3.76. The summed E-state index contributed by atoms with van der Waals surface area (Å²) in [5.41, 5.74) is 3.23. The molecule has 0 aliphatic carbocycles. The van der Waals surface area contributed by atoms with Gasteiger partial charge in [-0.15, -0.1) is 0 Å². The summed E-state index contributed by atoms with van der Waals surface area (Å²) in [4.78, 5) is 12.6. The standard InChI is InChI=1S/C26H29N3O4S2/c1-4-5-17-33-22-13-9-20(10-14-22)25(30)28-26(34)27-21-11-15-23(16-12-21)35(31,32)29-24-18(2)7-6-8-19(24)3/h6-16,29H,4-5,17H2,1-3H3,(H2,27,28,30,34). The van der Waals surface area contributed by atoms with Crippen molar-refractivity contribution in [1.29, 1.82) is 0 Å². The predicted molar refractivity (Wildman–Crippen MR) is 144 cm³/mol. The van der Waals surface area contributed by atoms with Crippen LogP contribution < -0.4 is 20.1 Å². The van der Waals surface area contributed by atoms with E-state index in [1.807, 2.05) is 32.0 Å². The normalized spacial score (nSPS) is 10.9. The number of para-hydroxylation sites is 1. The molecule has 0 heterocycles. The van der Waals surface area contributed by atoms with E-state index in [0.717, 1.165) is 24.0 Å². The molecule has 3 aromatic rings. The van der Waals surface area contributed by atoms with Crippen LogP contribution in [0.5, 0.6) is 5.75 Å². The highest BCUT2D eigenvalue weighted by Crippen LogP contribution is 2.24. The molecule has 0 radical (unpaired) electrons. The highest BCUT2D eigenvalue weighted by Gasteiger charge is 2.17. The van der Waals surface area contributed by atoms with Gasteiger partial charge in [0.05, 0.1) is 17.2 Å². The molecule has 0 spiro atoms. The van der Waals surface area contributed by atoms with Crippen LogP contribution >= 0.6 is 12.2 Å². The van der Waals surface area contributed by atoms with Gasteiger partial charge in [-0.2, -0.15) is 0 Å². The Hall–Kier alpha value is -3.43. The Bertz CT molecular complexity index is 1270. The smallest absolute Gasteiger partial charge is 0.261 e. The van der Waals surface area contributed by atoms with Gasteiger partial charge < -0.3 is 10.1 Å². The van der Waals surface area contributed by atoms with Crippen LogP contribution in [-0.2, 0) is 10.0 Å². The van der Waals surface area contributed by atoms with Crippen molar-refractivity contribution in [2.75, 3.05) is 16.6 Å². The quantitative estimate of drug-likeness (QED) is 0.263. The number of unbranched alkanes of at least 4 members (excludes halogenated alkanes) is 1. The van der Waals surface area contributed by atoms with E-state index in [-0.39, 0.29) is 15.9 Å². The number of rotatable bonds is 9. The second-order valence-corrected chi connectivity index (χ2v) is 10.1. The molecule has 0 unspecified atom stereocenters. The van der Waals surface area contributed by atoms with Crippen LogP contribution in [0.2, 0.25) is 0 Å². The van der Waals surface area contributed by atoms with E-state index < -0.39 is 10.0 Å². The van der Waals surface area contributed by atoms with Crippen molar-refractivity contribution < 1.29 is 17.9 Å². The minimum Gasteiger partial charge on any atom is -0.494 e. The molecule has 0 fully saturated rings. The Morgan fingerprint density at radius 2 is 1.57 bits per heavy atom. The van der Waals surface area contributed by atoms with Crippen molar-refractivity contribution in [2.24, 2.45) is 0 Å². The van der Waals surface area contributed by atoms with Crippen molar-refractivity contribution in [3.8, 4) is 5.75 Å². The molecule has 7 nitrogen and oxygen atoms in total. The summed E-state index contributed by atoms with van der Waals surface area (Å²) in [6.07, 6.45) is 2.02. The average molecular weight is 512 g/mol. The second kappa shape index (κ2) is 11.8. The van der Waals surface area contributed by atoms with Crippen LogP contribution in [0, 0.1) is 13.8 Å². The summed E-state index contributed by atoms with van der Waals surface area (Å²) in [6.45, 7) is 6.43. The molecule has 0 aliphatic heterocycles. The monoisotopic (exact) mass is 511 g/mol. The molecule has 0 atom stereocenters. The number of ether oxygens (including phenoxy) is 1. The van der Waals surface area contributed by atoms with Crippen molar-refractivity contribution in [3.05, 3.63) is 83.4 Å². The number of aryl methyl sites for hydroxylation is 2. The molecule has 0 saturated carbocycles. The van der Waals surface area contributed by atoms with E-state index in [2.05, 4.69) is 22.3 Å². The van der Waals surface area contributed by atoms with Gasteiger partial charge in [0.1, 0.15) is 5.75 Å². The van der Waals surface area contributed by atoms with Gasteiger partial charge >= 0.3 is 0 Å². The van der Waals surface area contributed by atoms with Gasteiger partial charge in [-0.1, -0.05) is 31.5 Å². The molecule has 3 aromatic carbocycles. The Morgan fingerprint density at radius 3 is 2.17 bits per heavy atom. The van der Waals surface area contributed by atoms with Gasteiger partial charge in [0.25, 0.3) is 15.9 Å². The van der Waals surface area contributed by atoms with Gasteiger partial charge in [0, 0.05) is 11.3 Å². The Labute approximate surface area is 212 Å². The number of hydrogen-bond donors (Lipinski definition) is 3. The van der Waals surface area contributed by atoms with E-state index in [4.69, 9.17) is 17.0 Å². The molecule has 0 aromatic heterocycles. The Balaban J connectivity index is 1.58. The second-order valence-electron chi connectivity index (χ2n) is 8.03. The molecule has 9 heteroatoms. The lowest BCUT2D eigenvalue weighted by Crippen LogP contribution is -2.34. The average Bonchev–Trinajstić information content (AvgIpc) is 2.82. The van der Waals surface area contributed by atoms with Crippen LogP contribution in [0.1, 0.15) is 41.3 Å². The first-order valence-corrected chi connectivity index (χ1v) is 13.1. The highest BCUT2D eigenvalue weighted by molar-refractivity contribution is 7.92. The molecule has 3 rings (SSSR count). The molecule has 1 amide bonds. The SMILES string of the molecule is CCCCOc1ccc(C(=O)NC(=S)Nc2ccc(S(=O)(=O)Nc3c(C)cccc3C)cc2)cc1. The molecule has 0 bridgehead atoms. The fourth-order valence-electron chi connectivity index (χ4n) is 3.26. The molecule has 0 aliphatic rings. The molecule has 3 N–H and O–H groups in total. The third-order valence-corrected chi connectivity index (χ3v) is 6.82. The van der Waals surface area contributed by atoms with E-state index in [9.17, 15) is 13.2 Å². The van der Waals surface area contributed by atoms with Crippen LogP contribution in [0.4, 0.5) is 11.4 Å². The first-order valence-electron chi connectivity index (χ1n) is 11.2. The summed E-state index contributed by atoms with van der Waals surface area (Å²) < 4.78 is 33.9. The molecule has 35 heavy (non-hydrogen) atoms. The molecular weight excluding hydrogens is 482 g/mol. The number of hydrogen-bond acceptors (Lipinski definition) is 5. The fraction of sp³-hybridized carbons (Fsp3) is 0.231. The third-order valence-electron chi connectivity index (χ3n) is 5.25. The zero-order valence-corrected chi connectivity index (χ0v) is 21.6. The number of carbonyl (C=O) groups is 1. The van der Waals surface area contributed by atoms with Gasteiger partial charge in [0.2, 0.25) is 0 Å². The highest BCUT2D eigenvalue weighted by atomic mass is 32.2. The van der Waals surface area contributed by atoms with Crippen molar-refractivity contribution >= 4 is 44.6 Å². The minimum atomic E-state index is -3.76. The van der Waals surface area contributed by atoms with E-state index >= 15 is 0 Å². The largest absolute Gasteiger partial charge is 0.494 e. The summed E-state index contributed by atoms with van der Waals surface area (Å²) in [5, 5.41) is 5.61. The zero-order chi connectivity index (χ0) is 25.4. The lowest BCUT2D eigenvalue weighted by atomic mass is 10.1. The van der Waals surface area contributed by atoms with Gasteiger partial charge in [-0.3, -0.25) is 14.8 Å². The van der Waals surface area contributed by atoms with Crippen LogP contribution in [0.3, 0.4) is 0 Å². The van der Waals surface area contributed by atoms with Crippen molar-refractivity contribution in [2.45, 2.75) is 38.5 Å². The number of nitrogens with one attached hydrogen (secondary N) is 3. The van der Waals surface area contributed by atoms with E-state index in [0.29, 0.717) is 29.3 Å². The van der Waals surface area contributed by atoms with E-state index in [1.54, 1.807) is 36.4 Å². The molecular formula is C26H29N3O4S2. The van der Waals surface area contributed by atoms with Gasteiger partial charge in [0.15, 0.2) is 5.11 Å². The Kier molecular flexibility index (Phi) is 8.84. The number of sulfonamides is 1. The van der Waals surface area contributed by atoms with Crippen molar-refractivity contribution in [1.82, 2.24) is 5.32 Å². The number of carbonyl (C=O) groups excluding carboxylic acids is 1. The lowest BCUT2D eigenvalue weighted by Gasteiger charge is -2.14. The van der Waals surface area contributed by atoms with Crippen LogP contribution in [0.25, 0.3) is 0 Å². The molecule has 0 saturated heterocycles. The first-order chi connectivity index (χ1) is 16.7. The van der Waals surface area contributed by atoms with E-state index in [1.165, 1.54) is 12.1 Å². The minimum absolute atomic E-state index is 0.0996.